The summed E-state index contributed by atoms with van der Waals surface area (Å²) in [5, 5.41) is 2.63. The molecule has 0 radical (unpaired) electrons. The number of anilines is 2. The Labute approximate surface area is 174 Å². The molecule has 1 fully saturated rings. The molecule has 9 heteroatoms. The van der Waals surface area contributed by atoms with Crippen LogP contribution in [0.25, 0.3) is 0 Å². The van der Waals surface area contributed by atoms with Gasteiger partial charge in [-0.3, -0.25) is 14.5 Å². The summed E-state index contributed by atoms with van der Waals surface area (Å²) in [4.78, 5) is 26.6. The lowest BCUT2D eigenvalue weighted by molar-refractivity contribution is -0.122. The minimum atomic E-state index is -3.60. The third kappa shape index (κ3) is 3.70. The fraction of sp³-hybridized carbons (Fsp3) is 0.333. The van der Waals surface area contributed by atoms with Crippen LogP contribution in [0, 0.1) is 5.82 Å². The Balaban J connectivity index is 1.62. The third-order valence-electron chi connectivity index (χ3n) is 5.47. The van der Waals surface area contributed by atoms with E-state index in [-0.39, 0.29) is 22.9 Å². The van der Waals surface area contributed by atoms with Gasteiger partial charge >= 0.3 is 0 Å². The van der Waals surface area contributed by atoms with Gasteiger partial charge in [0, 0.05) is 37.8 Å². The Hall–Kier alpha value is -2.78. The highest BCUT2D eigenvalue weighted by Crippen LogP contribution is 2.35. The first-order chi connectivity index (χ1) is 14.3. The predicted octanol–water partition coefficient (Wildman–Crippen LogP) is 2.53. The summed E-state index contributed by atoms with van der Waals surface area (Å²) < 4.78 is 40.6. The second kappa shape index (κ2) is 7.81. The van der Waals surface area contributed by atoms with Gasteiger partial charge in [-0.2, -0.15) is 4.31 Å². The first-order valence-electron chi connectivity index (χ1n) is 9.77. The second-order valence-corrected chi connectivity index (χ2v) is 9.45. The SMILES string of the molecule is CC(=O)N1c2ccc(S(=O)(=O)N3CCCC3)cc2C[C@H]1C(=O)Nc1cccc(F)c1. The highest BCUT2D eigenvalue weighted by Gasteiger charge is 2.38. The minimum Gasteiger partial charge on any atom is -0.324 e. The first-order valence-corrected chi connectivity index (χ1v) is 11.2. The molecule has 0 aliphatic carbocycles. The highest BCUT2D eigenvalue weighted by atomic mass is 32.2. The number of benzene rings is 2. The Morgan fingerprint density at radius 1 is 1.10 bits per heavy atom. The van der Waals surface area contributed by atoms with Gasteiger partial charge in [-0.1, -0.05) is 6.07 Å². The molecule has 30 heavy (non-hydrogen) atoms. The van der Waals surface area contributed by atoms with Crippen molar-refractivity contribution < 1.29 is 22.4 Å². The Bertz CT molecular complexity index is 1110. The average Bonchev–Trinajstić information content (AvgIpc) is 3.35. The molecule has 0 unspecified atom stereocenters. The van der Waals surface area contributed by atoms with Crippen LogP contribution in [-0.4, -0.2) is 43.7 Å². The summed E-state index contributed by atoms with van der Waals surface area (Å²) in [6, 6.07) is 9.27. The number of fused-ring (bicyclic) bond motifs is 1. The van der Waals surface area contributed by atoms with E-state index in [4.69, 9.17) is 0 Å². The van der Waals surface area contributed by atoms with Gasteiger partial charge in [0.2, 0.25) is 21.8 Å². The molecule has 2 aliphatic rings. The van der Waals surface area contributed by atoms with Crippen molar-refractivity contribution >= 4 is 33.2 Å². The van der Waals surface area contributed by atoms with Crippen molar-refractivity contribution in [2.45, 2.75) is 37.1 Å². The van der Waals surface area contributed by atoms with Gasteiger partial charge in [0.05, 0.1) is 4.90 Å². The topological polar surface area (TPSA) is 86.8 Å². The van der Waals surface area contributed by atoms with E-state index >= 15 is 0 Å². The van der Waals surface area contributed by atoms with Crippen LogP contribution in [0.2, 0.25) is 0 Å². The van der Waals surface area contributed by atoms with Crippen LogP contribution >= 0.6 is 0 Å². The normalized spacial score (nSPS) is 19.0. The first kappa shape index (κ1) is 20.5. The van der Waals surface area contributed by atoms with Gasteiger partial charge < -0.3 is 5.32 Å². The molecule has 1 atom stereocenters. The molecule has 4 rings (SSSR count). The second-order valence-electron chi connectivity index (χ2n) is 7.51. The maximum absolute atomic E-state index is 13.4. The van der Waals surface area contributed by atoms with E-state index in [1.807, 2.05) is 0 Å². The molecular formula is C21H22FN3O4S. The lowest BCUT2D eigenvalue weighted by atomic mass is 10.1. The van der Waals surface area contributed by atoms with Crippen molar-refractivity contribution in [3.05, 3.63) is 53.8 Å². The summed E-state index contributed by atoms with van der Waals surface area (Å²) in [5.74, 6) is -1.28. The van der Waals surface area contributed by atoms with Gasteiger partial charge in [0.1, 0.15) is 11.9 Å². The molecule has 2 heterocycles. The van der Waals surface area contributed by atoms with Crippen LogP contribution in [0.4, 0.5) is 15.8 Å². The largest absolute Gasteiger partial charge is 0.324 e. The Kier molecular flexibility index (Phi) is 5.33. The molecule has 1 saturated heterocycles. The zero-order valence-corrected chi connectivity index (χ0v) is 17.3. The molecule has 1 N–H and O–H groups in total. The molecular weight excluding hydrogens is 409 g/mol. The van der Waals surface area contributed by atoms with Crippen molar-refractivity contribution in [3.8, 4) is 0 Å². The molecule has 0 aromatic heterocycles. The highest BCUT2D eigenvalue weighted by molar-refractivity contribution is 7.89. The van der Waals surface area contributed by atoms with Crippen LogP contribution in [-0.2, 0) is 26.0 Å². The van der Waals surface area contributed by atoms with E-state index in [9.17, 15) is 22.4 Å². The smallest absolute Gasteiger partial charge is 0.247 e. The number of rotatable bonds is 4. The van der Waals surface area contributed by atoms with Gasteiger partial charge in [-0.15, -0.1) is 0 Å². The fourth-order valence-electron chi connectivity index (χ4n) is 4.06. The van der Waals surface area contributed by atoms with Crippen LogP contribution in [0.1, 0.15) is 25.3 Å². The summed E-state index contributed by atoms with van der Waals surface area (Å²) in [5.41, 5.74) is 1.42. The summed E-state index contributed by atoms with van der Waals surface area (Å²) in [6.07, 6.45) is 1.86. The lowest BCUT2D eigenvalue weighted by Gasteiger charge is -2.23. The molecule has 2 amide bonds. The molecule has 2 aromatic carbocycles. The standard InChI is InChI=1S/C21H22FN3O4S/c1-14(26)25-19-8-7-18(30(28,29)24-9-2-3-10-24)11-15(19)12-20(25)21(27)23-17-6-4-5-16(22)13-17/h4-8,11,13,20H,2-3,9-10,12H2,1H3,(H,23,27)/t20-/m0/s1. The Morgan fingerprint density at radius 3 is 2.50 bits per heavy atom. The number of sulfonamides is 1. The number of carbonyl (C=O) groups is 2. The molecule has 0 saturated carbocycles. The number of hydrogen-bond donors (Lipinski definition) is 1. The van der Waals surface area contributed by atoms with Crippen molar-refractivity contribution in [3.63, 3.8) is 0 Å². The number of halogens is 1. The Morgan fingerprint density at radius 2 is 1.83 bits per heavy atom. The maximum atomic E-state index is 13.4. The van der Waals surface area contributed by atoms with E-state index in [1.54, 1.807) is 18.2 Å². The monoisotopic (exact) mass is 431 g/mol. The van der Waals surface area contributed by atoms with E-state index in [1.165, 1.54) is 40.4 Å². The van der Waals surface area contributed by atoms with Crippen molar-refractivity contribution in [1.29, 1.82) is 0 Å². The van der Waals surface area contributed by atoms with Crippen LogP contribution < -0.4 is 10.2 Å². The van der Waals surface area contributed by atoms with Crippen LogP contribution in [0.15, 0.2) is 47.4 Å². The number of nitrogens with zero attached hydrogens (tertiary/aromatic N) is 2. The van der Waals surface area contributed by atoms with Gasteiger partial charge in [-0.25, -0.2) is 12.8 Å². The zero-order chi connectivity index (χ0) is 21.5. The molecule has 158 valence electrons. The van der Waals surface area contributed by atoms with Crippen molar-refractivity contribution in [2.24, 2.45) is 0 Å². The summed E-state index contributed by atoms with van der Waals surface area (Å²) in [6.45, 7) is 2.35. The van der Waals surface area contributed by atoms with E-state index in [0.29, 0.717) is 24.3 Å². The molecule has 2 aliphatic heterocycles. The maximum Gasteiger partial charge on any atom is 0.247 e. The van der Waals surface area contributed by atoms with Crippen molar-refractivity contribution in [1.82, 2.24) is 4.31 Å². The van der Waals surface area contributed by atoms with Gasteiger partial charge in [0.15, 0.2) is 0 Å². The van der Waals surface area contributed by atoms with E-state index < -0.39 is 27.8 Å². The van der Waals surface area contributed by atoms with Crippen LogP contribution in [0.3, 0.4) is 0 Å². The minimum absolute atomic E-state index is 0.165. The van der Waals surface area contributed by atoms with Gasteiger partial charge in [0.25, 0.3) is 0 Å². The number of carbonyl (C=O) groups excluding carboxylic acids is 2. The summed E-state index contributed by atoms with van der Waals surface area (Å²) in [7, 11) is -3.60. The number of hydrogen-bond acceptors (Lipinski definition) is 4. The fourth-order valence-corrected chi connectivity index (χ4v) is 5.62. The van der Waals surface area contributed by atoms with E-state index in [0.717, 1.165) is 12.8 Å². The summed E-state index contributed by atoms with van der Waals surface area (Å²) >= 11 is 0. The van der Waals surface area contributed by atoms with Crippen LogP contribution in [0.5, 0.6) is 0 Å². The third-order valence-corrected chi connectivity index (χ3v) is 7.37. The quantitative estimate of drug-likeness (QED) is 0.806. The van der Waals surface area contributed by atoms with E-state index in [2.05, 4.69) is 5.32 Å². The molecule has 2 aromatic rings. The number of amides is 2. The van der Waals surface area contributed by atoms with Crippen molar-refractivity contribution in [2.75, 3.05) is 23.3 Å². The zero-order valence-electron chi connectivity index (χ0n) is 16.5. The van der Waals surface area contributed by atoms with Gasteiger partial charge in [-0.05, 0) is 54.8 Å². The number of nitrogens with one attached hydrogen (secondary N) is 1. The average molecular weight is 431 g/mol. The molecule has 7 nitrogen and oxygen atoms in total. The predicted molar refractivity (Wildman–Crippen MR) is 110 cm³/mol. The molecule has 0 bridgehead atoms. The molecule has 0 spiro atoms. The lowest BCUT2D eigenvalue weighted by Crippen LogP contribution is -2.44.